The average molecular weight is 345 g/mol. The van der Waals surface area contributed by atoms with E-state index >= 15 is 0 Å². The highest BCUT2D eigenvalue weighted by Crippen LogP contribution is 2.19. The lowest BCUT2D eigenvalue weighted by Gasteiger charge is -2.36. The minimum atomic E-state index is -0.448. The van der Waals surface area contributed by atoms with E-state index in [1.54, 1.807) is 0 Å². The van der Waals surface area contributed by atoms with Crippen LogP contribution in [-0.2, 0) is 4.79 Å². The summed E-state index contributed by atoms with van der Waals surface area (Å²) >= 11 is 0. The molecule has 25 heavy (non-hydrogen) atoms. The van der Waals surface area contributed by atoms with Crippen molar-refractivity contribution in [3.63, 3.8) is 0 Å². The first-order chi connectivity index (χ1) is 12.0. The molecule has 0 aliphatic carbocycles. The summed E-state index contributed by atoms with van der Waals surface area (Å²) in [6.07, 6.45) is 1.85. The van der Waals surface area contributed by atoms with E-state index in [1.165, 1.54) is 11.1 Å². The van der Waals surface area contributed by atoms with Crippen LogP contribution in [-0.4, -0.2) is 78.1 Å². The Balaban J connectivity index is 1.44. The summed E-state index contributed by atoms with van der Waals surface area (Å²) in [4.78, 5) is 18.8. The largest absolute Gasteiger partial charge is 0.387 e. The van der Waals surface area contributed by atoms with Crippen LogP contribution >= 0.6 is 0 Å². The maximum absolute atomic E-state index is 12.3. The van der Waals surface area contributed by atoms with Crippen molar-refractivity contribution in [2.75, 3.05) is 52.4 Å². The van der Waals surface area contributed by atoms with Crippen LogP contribution < -0.4 is 0 Å². The number of rotatable bonds is 5. The smallest absolute Gasteiger partial charge is 0.236 e. The number of hydrogen-bond donors (Lipinski definition) is 1. The Morgan fingerprint density at radius 1 is 0.960 bits per heavy atom. The van der Waals surface area contributed by atoms with Crippen molar-refractivity contribution < 1.29 is 9.90 Å². The lowest BCUT2D eigenvalue weighted by Crippen LogP contribution is -2.50. The Morgan fingerprint density at radius 2 is 1.52 bits per heavy atom. The average Bonchev–Trinajstić information content (AvgIpc) is 3.10. The van der Waals surface area contributed by atoms with E-state index in [4.69, 9.17) is 0 Å². The topological polar surface area (TPSA) is 47.0 Å². The van der Waals surface area contributed by atoms with Gasteiger partial charge in [0.2, 0.25) is 5.91 Å². The lowest BCUT2D eigenvalue weighted by molar-refractivity contribution is -0.131. The molecule has 2 aliphatic heterocycles. The van der Waals surface area contributed by atoms with Gasteiger partial charge in [0.15, 0.2) is 0 Å². The number of carbonyl (C=O) groups excluding carboxylic acids is 1. The number of carbonyl (C=O) groups is 1. The van der Waals surface area contributed by atoms with Crippen molar-refractivity contribution >= 4 is 5.91 Å². The standard InChI is InChI=1S/C20H31N3O2/c1-16-11-17(2)13-18(12-16)19(24)14-21-7-9-22(10-8-21)15-20(25)23-5-3-4-6-23/h11-13,19,24H,3-10,14-15H2,1-2H3. The fourth-order valence-corrected chi connectivity index (χ4v) is 3.94. The van der Waals surface area contributed by atoms with Crippen molar-refractivity contribution in [3.8, 4) is 0 Å². The van der Waals surface area contributed by atoms with Crippen LogP contribution in [0, 0.1) is 13.8 Å². The van der Waals surface area contributed by atoms with Crippen molar-refractivity contribution in [3.05, 3.63) is 34.9 Å². The molecule has 1 atom stereocenters. The number of likely N-dealkylation sites (tertiary alicyclic amines) is 1. The second-order valence-electron chi connectivity index (χ2n) is 7.60. The van der Waals surface area contributed by atoms with Crippen LogP contribution in [0.5, 0.6) is 0 Å². The van der Waals surface area contributed by atoms with Crippen LogP contribution in [0.2, 0.25) is 0 Å². The van der Waals surface area contributed by atoms with Gasteiger partial charge in [0.25, 0.3) is 0 Å². The lowest BCUT2D eigenvalue weighted by atomic mass is 10.0. The summed E-state index contributed by atoms with van der Waals surface area (Å²) in [5.41, 5.74) is 3.39. The zero-order chi connectivity index (χ0) is 17.8. The SMILES string of the molecule is Cc1cc(C)cc(C(O)CN2CCN(CC(=O)N3CCCC3)CC2)c1. The molecule has 0 saturated carbocycles. The van der Waals surface area contributed by atoms with E-state index in [0.717, 1.165) is 57.7 Å². The summed E-state index contributed by atoms with van der Waals surface area (Å²) in [7, 11) is 0. The normalized spacial score (nSPS) is 20.8. The second-order valence-corrected chi connectivity index (χ2v) is 7.60. The minimum Gasteiger partial charge on any atom is -0.387 e. The summed E-state index contributed by atoms with van der Waals surface area (Å²) in [6, 6.07) is 6.28. The third kappa shape index (κ3) is 5.03. The maximum Gasteiger partial charge on any atom is 0.236 e. The van der Waals surface area contributed by atoms with Crippen molar-refractivity contribution in [2.24, 2.45) is 0 Å². The molecule has 1 aromatic rings. The van der Waals surface area contributed by atoms with Crippen molar-refractivity contribution in [1.82, 2.24) is 14.7 Å². The zero-order valence-electron chi connectivity index (χ0n) is 15.6. The molecule has 5 nitrogen and oxygen atoms in total. The monoisotopic (exact) mass is 345 g/mol. The molecule has 1 N–H and O–H groups in total. The molecule has 138 valence electrons. The number of β-amino-alcohol motifs (C(OH)–C–C–N with tert-alkyl or cyclic N) is 1. The number of nitrogens with zero attached hydrogens (tertiary/aromatic N) is 3. The van der Waals surface area contributed by atoms with Crippen LogP contribution in [0.1, 0.15) is 35.6 Å². The molecular weight excluding hydrogens is 314 g/mol. The highest BCUT2D eigenvalue weighted by molar-refractivity contribution is 5.78. The molecular formula is C20H31N3O2. The number of hydrogen-bond acceptors (Lipinski definition) is 4. The van der Waals surface area contributed by atoms with Gasteiger partial charge < -0.3 is 10.0 Å². The van der Waals surface area contributed by atoms with Gasteiger partial charge in [-0.2, -0.15) is 0 Å². The molecule has 2 aliphatic rings. The van der Waals surface area contributed by atoms with Gasteiger partial charge in [0.05, 0.1) is 12.6 Å². The van der Waals surface area contributed by atoms with E-state index in [9.17, 15) is 9.90 Å². The van der Waals surface area contributed by atoms with E-state index in [2.05, 4.69) is 41.8 Å². The molecule has 0 spiro atoms. The maximum atomic E-state index is 12.3. The highest BCUT2D eigenvalue weighted by Gasteiger charge is 2.24. The van der Waals surface area contributed by atoms with Gasteiger partial charge in [-0.25, -0.2) is 0 Å². The Morgan fingerprint density at radius 3 is 2.12 bits per heavy atom. The molecule has 1 aromatic carbocycles. The van der Waals surface area contributed by atoms with Crippen molar-refractivity contribution in [2.45, 2.75) is 32.8 Å². The number of aliphatic hydroxyl groups is 1. The number of amides is 1. The predicted molar refractivity (Wildman–Crippen MR) is 99.6 cm³/mol. The molecule has 3 rings (SSSR count). The number of benzene rings is 1. The Labute approximate surface area is 151 Å². The molecule has 5 heteroatoms. The van der Waals surface area contributed by atoms with Crippen LogP contribution in [0.4, 0.5) is 0 Å². The molecule has 2 fully saturated rings. The second kappa shape index (κ2) is 8.30. The van der Waals surface area contributed by atoms with Gasteiger partial charge in [-0.05, 0) is 32.3 Å². The zero-order valence-corrected chi connectivity index (χ0v) is 15.6. The van der Waals surface area contributed by atoms with Crippen LogP contribution in [0.3, 0.4) is 0 Å². The van der Waals surface area contributed by atoms with Gasteiger partial charge in [-0.15, -0.1) is 0 Å². The Bertz CT molecular complexity index is 570. The molecule has 2 saturated heterocycles. The summed E-state index contributed by atoms with van der Waals surface area (Å²) in [5, 5.41) is 10.6. The van der Waals surface area contributed by atoms with E-state index < -0.39 is 6.10 Å². The van der Waals surface area contributed by atoms with E-state index in [0.29, 0.717) is 13.1 Å². The predicted octanol–water partition coefficient (Wildman–Crippen LogP) is 1.58. The highest BCUT2D eigenvalue weighted by atomic mass is 16.3. The Hall–Kier alpha value is -1.43. The van der Waals surface area contributed by atoms with Crippen LogP contribution in [0.15, 0.2) is 18.2 Å². The van der Waals surface area contributed by atoms with Gasteiger partial charge in [-0.1, -0.05) is 29.3 Å². The molecule has 0 bridgehead atoms. The molecule has 0 radical (unpaired) electrons. The molecule has 0 aromatic heterocycles. The summed E-state index contributed by atoms with van der Waals surface area (Å²) < 4.78 is 0. The number of aliphatic hydroxyl groups excluding tert-OH is 1. The van der Waals surface area contributed by atoms with Gasteiger partial charge >= 0.3 is 0 Å². The minimum absolute atomic E-state index is 0.279. The van der Waals surface area contributed by atoms with Gasteiger partial charge in [0.1, 0.15) is 0 Å². The van der Waals surface area contributed by atoms with Gasteiger partial charge in [-0.3, -0.25) is 14.6 Å². The third-order valence-corrected chi connectivity index (χ3v) is 5.34. The molecule has 1 unspecified atom stereocenters. The molecule has 1 amide bonds. The fraction of sp³-hybridized carbons (Fsp3) is 0.650. The molecule has 2 heterocycles. The van der Waals surface area contributed by atoms with Gasteiger partial charge in [0, 0.05) is 45.8 Å². The van der Waals surface area contributed by atoms with E-state index in [1.807, 2.05) is 4.90 Å². The van der Waals surface area contributed by atoms with Crippen LogP contribution in [0.25, 0.3) is 0 Å². The quantitative estimate of drug-likeness (QED) is 0.880. The summed E-state index contributed by atoms with van der Waals surface area (Å²) in [6.45, 7) is 10.8. The number of piperazine rings is 1. The third-order valence-electron chi connectivity index (χ3n) is 5.34. The Kier molecular flexibility index (Phi) is 6.10. The summed E-state index contributed by atoms with van der Waals surface area (Å²) in [5.74, 6) is 0.279. The van der Waals surface area contributed by atoms with E-state index in [-0.39, 0.29) is 5.91 Å². The number of aryl methyl sites for hydroxylation is 2. The first-order valence-corrected chi connectivity index (χ1v) is 9.50. The van der Waals surface area contributed by atoms with Crippen molar-refractivity contribution in [1.29, 1.82) is 0 Å². The first-order valence-electron chi connectivity index (χ1n) is 9.50. The fourth-order valence-electron chi connectivity index (χ4n) is 3.94. The first kappa shape index (κ1) is 18.4.